The maximum atomic E-state index is 12.5. The van der Waals surface area contributed by atoms with Gasteiger partial charge < -0.3 is 4.90 Å². The number of alkyl halides is 2. The molecule has 0 saturated heterocycles. The van der Waals surface area contributed by atoms with Crippen molar-refractivity contribution < 1.29 is 17.5 Å². The smallest absolute Gasteiger partial charge is 0.295 e. The summed E-state index contributed by atoms with van der Waals surface area (Å²) in [6, 6.07) is 35.3. The van der Waals surface area contributed by atoms with Crippen molar-refractivity contribution in [2.24, 2.45) is 0 Å². The minimum absolute atomic E-state index is 0.125. The van der Waals surface area contributed by atoms with Gasteiger partial charge in [-0.3, -0.25) is 4.55 Å². The molecule has 0 amide bonds. The van der Waals surface area contributed by atoms with Gasteiger partial charge in [-0.25, -0.2) is 0 Å². The summed E-state index contributed by atoms with van der Waals surface area (Å²) < 4.78 is 37.6. The normalized spacial score (nSPS) is 12.8. The van der Waals surface area contributed by atoms with Gasteiger partial charge in [-0.15, -0.1) is 0 Å². The molecule has 0 radical (unpaired) electrons. The highest BCUT2D eigenvalue weighted by molar-refractivity contribution is 9.09. The van der Waals surface area contributed by atoms with E-state index in [4.69, 9.17) is 0 Å². The highest BCUT2D eigenvalue weighted by Gasteiger charge is 2.23. The molecule has 0 spiro atoms. The number of benzene rings is 4. The maximum absolute atomic E-state index is 12.5. The van der Waals surface area contributed by atoms with Crippen LogP contribution < -0.4 is 4.90 Å². The first kappa shape index (κ1) is 32.8. The van der Waals surface area contributed by atoms with Crippen LogP contribution in [0, 0.1) is 0 Å². The van der Waals surface area contributed by atoms with Crippen molar-refractivity contribution in [3.8, 4) is 0 Å². The van der Waals surface area contributed by atoms with E-state index in [9.17, 15) is 13.0 Å². The molecule has 1 aliphatic carbocycles. The molecule has 0 fully saturated rings. The van der Waals surface area contributed by atoms with Crippen molar-refractivity contribution in [1.82, 2.24) is 0 Å². The molecule has 5 rings (SSSR count). The van der Waals surface area contributed by atoms with Gasteiger partial charge in [-0.05, 0) is 65.6 Å². The van der Waals surface area contributed by atoms with Crippen molar-refractivity contribution in [3.05, 3.63) is 150 Å². The predicted molar refractivity (Wildman–Crippen MR) is 194 cm³/mol. The fraction of sp³-hybridized carbons (Fsp3) is 0.162. The van der Waals surface area contributed by atoms with E-state index in [1.54, 1.807) is 18.2 Å². The number of para-hydroxylation sites is 2. The molecule has 0 aromatic heterocycles. The van der Waals surface area contributed by atoms with E-state index < -0.39 is 10.1 Å². The number of anilines is 2. The Hall–Kier alpha value is -3.56. The zero-order valence-electron chi connectivity index (χ0n) is 24.8. The Morgan fingerprint density at radius 2 is 1.27 bits per heavy atom. The molecular formula is C37H35Br2N2O3S+. The molecule has 45 heavy (non-hydrogen) atoms. The molecule has 0 aliphatic heterocycles. The van der Waals surface area contributed by atoms with Crippen molar-refractivity contribution in [1.29, 1.82) is 0 Å². The van der Waals surface area contributed by atoms with Crippen LogP contribution in [0.3, 0.4) is 0 Å². The molecule has 0 heterocycles. The molecule has 230 valence electrons. The molecule has 8 heteroatoms. The van der Waals surface area contributed by atoms with Crippen molar-refractivity contribution in [3.63, 3.8) is 0 Å². The molecule has 1 N–H and O–H groups in total. The Morgan fingerprint density at radius 3 is 1.89 bits per heavy atom. The SMILES string of the molecule is O=S(=O)(O)c1ccccc1C(=C1C=CC(=[N+](CCCBr)c2ccccc2)C=C1)c1ccc(N(CCCBr)c2ccccc2)cc1. The number of halogens is 2. The zero-order chi connectivity index (χ0) is 31.6. The Bertz CT molecular complexity index is 1820. The van der Waals surface area contributed by atoms with Gasteiger partial charge in [0.25, 0.3) is 10.1 Å². The van der Waals surface area contributed by atoms with E-state index in [-0.39, 0.29) is 4.90 Å². The lowest BCUT2D eigenvalue weighted by atomic mass is 9.90. The second-order valence-electron chi connectivity index (χ2n) is 10.5. The van der Waals surface area contributed by atoms with Crippen molar-refractivity contribution >= 4 is 70.3 Å². The maximum Gasteiger partial charge on any atom is 0.295 e. The van der Waals surface area contributed by atoms with Gasteiger partial charge in [0.15, 0.2) is 0 Å². The summed E-state index contributed by atoms with van der Waals surface area (Å²) in [7, 11) is -4.48. The summed E-state index contributed by atoms with van der Waals surface area (Å²) in [5.74, 6) is 0. The average molecular weight is 748 g/mol. The van der Waals surface area contributed by atoms with Crippen LogP contribution in [0.15, 0.2) is 144 Å². The van der Waals surface area contributed by atoms with Crippen molar-refractivity contribution in [2.45, 2.75) is 17.7 Å². The van der Waals surface area contributed by atoms with Gasteiger partial charge in [0.2, 0.25) is 11.4 Å². The lowest BCUT2D eigenvalue weighted by Gasteiger charge is -2.25. The number of allylic oxidation sites excluding steroid dienone is 5. The van der Waals surface area contributed by atoms with Crippen LogP contribution in [-0.2, 0) is 10.1 Å². The third-order valence-electron chi connectivity index (χ3n) is 7.54. The van der Waals surface area contributed by atoms with Crippen LogP contribution in [-0.4, -0.2) is 47.0 Å². The Kier molecular flexibility index (Phi) is 11.4. The van der Waals surface area contributed by atoms with E-state index >= 15 is 0 Å². The predicted octanol–water partition coefficient (Wildman–Crippen LogP) is 9.35. The second-order valence-corrected chi connectivity index (χ2v) is 13.5. The van der Waals surface area contributed by atoms with E-state index in [1.165, 1.54) is 6.07 Å². The van der Waals surface area contributed by atoms with Gasteiger partial charge in [0, 0.05) is 64.8 Å². The molecule has 4 aromatic carbocycles. The Balaban J connectivity index is 1.63. The van der Waals surface area contributed by atoms with Crippen LogP contribution in [0.5, 0.6) is 0 Å². The first-order valence-electron chi connectivity index (χ1n) is 14.8. The van der Waals surface area contributed by atoms with Crippen LogP contribution in [0.4, 0.5) is 17.1 Å². The quantitative estimate of drug-likeness (QED) is 0.0892. The molecule has 1 aliphatic rings. The molecule has 5 nitrogen and oxygen atoms in total. The van der Waals surface area contributed by atoms with Crippen LogP contribution in [0.25, 0.3) is 5.57 Å². The van der Waals surface area contributed by atoms with E-state index in [0.717, 1.165) is 76.1 Å². The van der Waals surface area contributed by atoms with E-state index in [0.29, 0.717) is 5.56 Å². The Morgan fingerprint density at radius 1 is 0.689 bits per heavy atom. The molecule has 0 saturated carbocycles. The van der Waals surface area contributed by atoms with E-state index in [1.807, 2.05) is 60.7 Å². The number of hydrogen-bond donors (Lipinski definition) is 1. The van der Waals surface area contributed by atoms with Crippen molar-refractivity contribution in [2.75, 3.05) is 28.6 Å². The standard InChI is InChI=1S/C37H34Br2N2O3S/c38-25-9-27-40(31-11-3-1-4-12-31)33-21-17-29(18-22-33)37(35-15-7-8-16-36(35)45(42,43)44)30-19-23-34(24-20-30)41(28-10-26-39)32-13-5-2-6-14-32/h1-8,11-24H,9-10,25-28H2/p+1. The second kappa shape index (κ2) is 15.6. The summed E-state index contributed by atoms with van der Waals surface area (Å²) in [6.45, 7) is 1.68. The van der Waals surface area contributed by atoms with Gasteiger partial charge in [-0.2, -0.15) is 13.0 Å². The van der Waals surface area contributed by atoms with Crippen LogP contribution in [0.2, 0.25) is 0 Å². The fourth-order valence-electron chi connectivity index (χ4n) is 5.46. The lowest BCUT2D eigenvalue weighted by molar-refractivity contribution is -0.438. The number of hydrogen-bond acceptors (Lipinski definition) is 3. The van der Waals surface area contributed by atoms with Crippen LogP contribution >= 0.6 is 31.9 Å². The zero-order valence-corrected chi connectivity index (χ0v) is 28.8. The minimum atomic E-state index is -4.48. The largest absolute Gasteiger partial charge is 0.341 e. The third-order valence-corrected chi connectivity index (χ3v) is 9.57. The summed E-state index contributed by atoms with van der Waals surface area (Å²) in [6.07, 6.45) is 10.1. The fourth-order valence-corrected chi connectivity index (χ4v) is 6.66. The van der Waals surface area contributed by atoms with Gasteiger partial charge in [-0.1, -0.05) is 98.6 Å². The highest BCUT2D eigenvalue weighted by atomic mass is 79.9. The van der Waals surface area contributed by atoms with E-state index in [2.05, 4.69) is 89.9 Å². The molecular weight excluding hydrogens is 712 g/mol. The van der Waals surface area contributed by atoms with Gasteiger partial charge in [0.05, 0.1) is 0 Å². The average Bonchev–Trinajstić information content (AvgIpc) is 3.07. The van der Waals surface area contributed by atoms with Gasteiger partial charge in [0.1, 0.15) is 11.4 Å². The molecule has 0 atom stereocenters. The molecule has 0 bridgehead atoms. The summed E-state index contributed by atoms with van der Waals surface area (Å²) in [4.78, 5) is 2.15. The first-order chi connectivity index (χ1) is 21.9. The summed E-state index contributed by atoms with van der Waals surface area (Å²) in [5.41, 5.74) is 7.13. The molecule has 4 aromatic rings. The minimum Gasteiger partial charge on any atom is -0.341 e. The van der Waals surface area contributed by atoms with Gasteiger partial charge >= 0.3 is 0 Å². The Labute approximate surface area is 283 Å². The third kappa shape index (κ3) is 8.19. The lowest BCUT2D eigenvalue weighted by Crippen LogP contribution is -2.18. The first-order valence-corrected chi connectivity index (χ1v) is 18.5. The summed E-state index contributed by atoms with van der Waals surface area (Å²) in [5, 5.41) is 1.79. The number of nitrogens with zero attached hydrogens (tertiary/aromatic N) is 2. The highest BCUT2D eigenvalue weighted by Crippen LogP contribution is 2.35. The van der Waals surface area contributed by atoms with Crippen LogP contribution in [0.1, 0.15) is 24.0 Å². The topological polar surface area (TPSA) is 60.6 Å². The summed E-state index contributed by atoms with van der Waals surface area (Å²) >= 11 is 7.13. The monoisotopic (exact) mass is 745 g/mol. The number of rotatable bonds is 12. The molecule has 0 unspecified atom stereocenters.